The molecule has 1 aliphatic heterocycles. The van der Waals surface area contributed by atoms with E-state index in [1.54, 1.807) is 6.20 Å². The highest BCUT2D eigenvalue weighted by molar-refractivity contribution is 6.00. The second kappa shape index (κ2) is 8.66. The van der Waals surface area contributed by atoms with Crippen LogP contribution in [0, 0.1) is 0 Å². The highest BCUT2D eigenvalue weighted by Gasteiger charge is 2.16. The topological polar surface area (TPSA) is 99.3 Å². The Morgan fingerprint density at radius 2 is 1.72 bits per heavy atom. The Hall–Kier alpha value is -4.43. The number of nitrogens with zero attached hydrogens (tertiary/aromatic N) is 6. The molecule has 0 amide bonds. The minimum Gasteiger partial charge on any atom is -0.352 e. The summed E-state index contributed by atoms with van der Waals surface area (Å²) in [6.45, 7) is 3.27. The summed E-state index contributed by atoms with van der Waals surface area (Å²) >= 11 is 0. The highest BCUT2D eigenvalue weighted by atomic mass is 15.2. The van der Waals surface area contributed by atoms with Gasteiger partial charge in [0.05, 0.1) is 28.8 Å². The van der Waals surface area contributed by atoms with E-state index >= 15 is 0 Å². The number of hydrogen-bond donors (Lipinski definition) is 2. The predicted octanol–water partition coefficient (Wildman–Crippen LogP) is 5.22. The Bertz CT molecular complexity index is 1680. The lowest BCUT2D eigenvalue weighted by atomic mass is 10.1. The molecule has 0 aliphatic carbocycles. The van der Waals surface area contributed by atoms with Crippen LogP contribution < -0.4 is 0 Å². The van der Waals surface area contributed by atoms with Crippen molar-refractivity contribution in [2.45, 2.75) is 19.4 Å². The molecule has 8 nitrogen and oxygen atoms in total. The lowest BCUT2D eigenvalue weighted by Gasteiger charge is -2.14. The molecule has 0 atom stereocenters. The van der Waals surface area contributed by atoms with Crippen molar-refractivity contribution < 1.29 is 0 Å². The van der Waals surface area contributed by atoms with Gasteiger partial charge >= 0.3 is 0 Å². The third kappa shape index (κ3) is 3.72. The minimum atomic E-state index is 0.677. The normalized spacial score (nSPS) is 14.2. The van der Waals surface area contributed by atoms with E-state index in [-0.39, 0.29) is 0 Å². The van der Waals surface area contributed by atoms with Crippen molar-refractivity contribution in [1.29, 1.82) is 0 Å². The number of rotatable bonds is 5. The van der Waals surface area contributed by atoms with Crippen LogP contribution in [0.1, 0.15) is 18.4 Å². The van der Waals surface area contributed by atoms with Gasteiger partial charge in [-0.3, -0.25) is 25.0 Å². The van der Waals surface area contributed by atoms with Crippen LogP contribution in [0.3, 0.4) is 0 Å². The van der Waals surface area contributed by atoms with Gasteiger partial charge < -0.3 is 4.98 Å². The van der Waals surface area contributed by atoms with Crippen LogP contribution in [-0.4, -0.2) is 53.1 Å². The van der Waals surface area contributed by atoms with Gasteiger partial charge in [0.25, 0.3) is 0 Å². The second-order valence-electron chi connectivity index (χ2n) is 9.31. The molecule has 7 heterocycles. The van der Waals surface area contributed by atoms with Gasteiger partial charge in [-0.05, 0) is 61.8 Å². The maximum absolute atomic E-state index is 4.64. The van der Waals surface area contributed by atoms with Crippen LogP contribution >= 0.6 is 0 Å². The number of H-pyrrole nitrogens is 2. The maximum Gasteiger partial charge on any atom is 0.181 e. The number of pyridine rings is 4. The Morgan fingerprint density at radius 1 is 0.833 bits per heavy atom. The molecular formula is C28H24N8. The zero-order valence-electron chi connectivity index (χ0n) is 19.6. The fourth-order valence-electron chi connectivity index (χ4n) is 5.11. The molecule has 8 heteroatoms. The SMILES string of the molecule is c1ccc(-c2cncc3[nH]c(-c4[nH]nc5ncc(-c6cncc(CN7CCCC7)c6)cc45)cc23)nc1. The number of nitrogens with one attached hydrogen (secondary N) is 2. The molecule has 6 aromatic rings. The van der Waals surface area contributed by atoms with Crippen molar-refractivity contribution in [3.63, 3.8) is 0 Å². The maximum atomic E-state index is 4.64. The smallest absolute Gasteiger partial charge is 0.181 e. The summed E-state index contributed by atoms with van der Waals surface area (Å²) in [5.74, 6) is 0. The molecule has 0 saturated carbocycles. The molecule has 2 N–H and O–H groups in total. The number of likely N-dealkylation sites (tertiary alicyclic amines) is 1. The summed E-state index contributed by atoms with van der Waals surface area (Å²) in [6.07, 6.45) is 13.8. The van der Waals surface area contributed by atoms with Crippen LogP contribution in [0.5, 0.6) is 0 Å². The standard InChI is InChI=1S/C28H24N8/c1-2-6-31-24(5-1)23-15-30-16-26-21(23)11-25(33-26)27-22-10-20(14-32-28(22)35-34-27)19-9-18(12-29-13-19)17-36-7-3-4-8-36/h1-2,5-6,9-16,33H,3-4,7-8,17H2,(H,32,34,35). The zero-order valence-corrected chi connectivity index (χ0v) is 19.6. The molecule has 6 aromatic heterocycles. The van der Waals surface area contributed by atoms with Crippen LogP contribution in [0.15, 0.2) is 73.6 Å². The van der Waals surface area contributed by atoms with Crippen LogP contribution in [0.4, 0.5) is 0 Å². The van der Waals surface area contributed by atoms with Crippen molar-refractivity contribution in [3.05, 3.63) is 79.1 Å². The van der Waals surface area contributed by atoms with Crippen LogP contribution in [0.2, 0.25) is 0 Å². The fourth-order valence-corrected chi connectivity index (χ4v) is 5.11. The first kappa shape index (κ1) is 20.9. The third-order valence-corrected chi connectivity index (χ3v) is 6.90. The molecule has 7 rings (SSSR count). The molecular weight excluding hydrogens is 448 g/mol. The van der Waals surface area contributed by atoms with Crippen LogP contribution in [0.25, 0.3) is 55.7 Å². The number of aromatic amines is 2. The first-order valence-corrected chi connectivity index (χ1v) is 12.2. The van der Waals surface area contributed by atoms with E-state index in [1.807, 2.05) is 49.2 Å². The Kier molecular flexibility index (Phi) is 5.03. The molecule has 0 spiro atoms. The second-order valence-corrected chi connectivity index (χ2v) is 9.31. The summed E-state index contributed by atoms with van der Waals surface area (Å²) < 4.78 is 0. The van der Waals surface area contributed by atoms with Gasteiger partial charge in [-0.2, -0.15) is 5.10 Å². The van der Waals surface area contributed by atoms with Gasteiger partial charge in [0.1, 0.15) is 0 Å². The van der Waals surface area contributed by atoms with Gasteiger partial charge in [-0.25, -0.2) is 4.98 Å². The minimum absolute atomic E-state index is 0.677. The molecule has 36 heavy (non-hydrogen) atoms. The molecule has 0 bridgehead atoms. The zero-order chi connectivity index (χ0) is 23.9. The predicted molar refractivity (Wildman–Crippen MR) is 140 cm³/mol. The summed E-state index contributed by atoms with van der Waals surface area (Å²) in [6, 6.07) is 12.4. The van der Waals surface area contributed by atoms with Gasteiger partial charge in [0.15, 0.2) is 5.65 Å². The average Bonchev–Trinajstić information content (AvgIpc) is 3.68. The summed E-state index contributed by atoms with van der Waals surface area (Å²) in [4.78, 5) is 24.1. The lowest BCUT2D eigenvalue weighted by molar-refractivity contribution is 0.331. The van der Waals surface area contributed by atoms with Crippen LogP contribution in [-0.2, 0) is 6.54 Å². The highest BCUT2D eigenvalue weighted by Crippen LogP contribution is 2.33. The quantitative estimate of drug-likeness (QED) is 0.357. The third-order valence-electron chi connectivity index (χ3n) is 6.90. The first-order valence-electron chi connectivity index (χ1n) is 12.2. The molecule has 1 fully saturated rings. The van der Waals surface area contributed by atoms with E-state index in [4.69, 9.17) is 0 Å². The van der Waals surface area contributed by atoms with E-state index in [1.165, 1.54) is 18.4 Å². The molecule has 0 radical (unpaired) electrons. The number of aromatic nitrogens is 7. The summed E-state index contributed by atoms with van der Waals surface area (Å²) in [7, 11) is 0. The first-order chi connectivity index (χ1) is 17.8. The van der Waals surface area contributed by atoms with Crippen molar-refractivity contribution >= 4 is 21.9 Å². The Labute approximate surface area is 207 Å². The monoisotopic (exact) mass is 472 g/mol. The number of fused-ring (bicyclic) bond motifs is 2. The number of hydrogen-bond acceptors (Lipinski definition) is 6. The van der Waals surface area contributed by atoms with Gasteiger partial charge in [-0.1, -0.05) is 6.07 Å². The largest absolute Gasteiger partial charge is 0.352 e. The van der Waals surface area contributed by atoms with E-state index in [0.717, 1.165) is 69.7 Å². The van der Waals surface area contributed by atoms with Crippen molar-refractivity contribution in [2.24, 2.45) is 0 Å². The Morgan fingerprint density at radius 3 is 2.61 bits per heavy atom. The summed E-state index contributed by atoms with van der Waals surface area (Å²) in [5.41, 5.74) is 8.63. The molecule has 0 aromatic carbocycles. The fraction of sp³-hybridized carbons (Fsp3) is 0.179. The van der Waals surface area contributed by atoms with Gasteiger partial charge in [-0.15, -0.1) is 0 Å². The Balaban J connectivity index is 1.28. The van der Waals surface area contributed by atoms with E-state index < -0.39 is 0 Å². The summed E-state index contributed by atoms with van der Waals surface area (Å²) in [5, 5.41) is 9.66. The molecule has 1 saturated heterocycles. The van der Waals surface area contributed by atoms with Crippen molar-refractivity contribution in [2.75, 3.05) is 13.1 Å². The van der Waals surface area contributed by atoms with E-state index in [9.17, 15) is 0 Å². The van der Waals surface area contributed by atoms with Crippen molar-refractivity contribution in [3.8, 4) is 33.8 Å². The average molecular weight is 473 g/mol. The van der Waals surface area contributed by atoms with Crippen molar-refractivity contribution in [1.82, 2.24) is 40.0 Å². The molecule has 0 unspecified atom stereocenters. The molecule has 176 valence electrons. The van der Waals surface area contributed by atoms with E-state index in [0.29, 0.717) is 5.65 Å². The van der Waals surface area contributed by atoms with Gasteiger partial charge in [0.2, 0.25) is 0 Å². The molecule has 1 aliphatic rings. The van der Waals surface area contributed by atoms with E-state index in [2.05, 4.69) is 58.2 Å². The lowest BCUT2D eigenvalue weighted by Crippen LogP contribution is -2.18. The van der Waals surface area contributed by atoms with Gasteiger partial charge in [0, 0.05) is 65.0 Å².